The Hall–Kier alpha value is -1.75. The van der Waals surface area contributed by atoms with E-state index >= 15 is 0 Å². The lowest BCUT2D eigenvalue weighted by Gasteiger charge is -2.25. The van der Waals surface area contributed by atoms with E-state index < -0.39 is 0 Å². The smallest absolute Gasteiger partial charge is 0.242 e. The summed E-state index contributed by atoms with van der Waals surface area (Å²) in [4.78, 5) is 13.3. The first-order chi connectivity index (χ1) is 9.33. The first-order valence-electron chi connectivity index (χ1n) is 6.31. The third-order valence-corrected chi connectivity index (χ3v) is 4.28. The number of aromatic nitrogens is 2. The number of fused-ring (bicyclic) bond motifs is 1. The molecule has 0 spiro atoms. The number of amides is 1. The highest BCUT2D eigenvalue weighted by atomic mass is 32.2. The molecule has 0 saturated heterocycles. The molecule has 1 aliphatic rings. The van der Waals surface area contributed by atoms with Crippen LogP contribution in [0.3, 0.4) is 0 Å². The molecule has 0 aliphatic carbocycles. The number of benzene rings is 1. The fourth-order valence-corrected chi connectivity index (χ4v) is 3.40. The van der Waals surface area contributed by atoms with Crippen molar-refractivity contribution < 1.29 is 4.79 Å². The molecule has 2 heterocycles. The molecule has 4 nitrogen and oxygen atoms in total. The van der Waals surface area contributed by atoms with Gasteiger partial charge in [0.1, 0.15) is 6.54 Å². The summed E-state index contributed by atoms with van der Waals surface area (Å²) in [5.41, 5.74) is 1.23. The Balaban J connectivity index is 1.69. The zero-order valence-electron chi connectivity index (χ0n) is 10.5. The molecule has 5 heteroatoms. The Morgan fingerprint density at radius 3 is 3.16 bits per heavy atom. The number of rotatable bonds is 3. The van der Waals surface area contributed by atoms with Gasteiger partial charge in [-0.1, -0.05) is 18.2 Å². The monoisotopic (exact) mass is 273 g/mol. The minimum atomic E-state index is 0.00963. The van der Waals surface area contributed by atoms with Crippen molar-refractivity contribution in [1.82, 2.24) is 15.1 Å². The molecular weight excluding hydrogens is 258 g/mol. The number of nitrogens with one attached hydrogen (secondary N) is 1. The number of carbonyl (C=O) groups is 1. The summed E-state index contributed by atoms with van der Waals surface area (Å²) in [6.07, 6.45) is 4.45. The van der Waals surface area contributed by atoms with E-state index in [4.69, 9.17) is 0 Å². The first-order valence-corrected chi connectivity index (χ1v) is 7.30. The predicted molar refractivity (Wildman–Crippen MR) is 74.9 cm³/mol. The third-order valence-electron chi connectivity index (χ3n) is 3.16. The fraction of sp³-hybridized carbons (Fsp3) is 0.286. The maximum atomic E-state index is 12.0. The van der Waals surface area contributed by atoms with Crippen LogP contribution >= 0.6 is 11.8 Å². The predicted octanol–water partition coefficient (Wildman–Crippen LogP) is 2.24. The topological polar surface area (TPSA) is 46.9 Å². The van der Waals surface area contributed by atoms with Gasteiger partial charge in [0.25, 0.3) is 0 Å². The quantitative estimate of drug-likeness (QED) is 0.933. The normalized spacial score (nSPS) is 17.8. The minimum absolute atomic E-state index is 0.00963. The van der Waals surface area contributed by atoms with Crippen molar-refractivity contribution in [3.8, 4) is 0 Å². The van der Waals surface area contributed by atoms with Crippen LogP contribution < -0.4 is 5.32 Å². The van der Waals surface area contributed by atoms with Gasteiger partial charge in [-0.3, -0.25) is 9.48 Å². The molecule has 1 amide bonds. The van der Waals surface area contributed by atoms with Crippen molar-refractivity contribution in [1.29, 1.82) is 0 Å². The molecule has 2 aromatic rings. The summed E-state index contributed by atoms with van der Waals surface area (Å²) >= 11 is 1.86. The lowest BCUT2D eigenvalue weighted by atomic mass is 10.0. The molecule has 1 N–H and O–H groups in total. The summed E-state index contributed by atoms with van der Waals surface area (Å²) in [6, 6.07) is 10.2. The van der Waals surface area contributed by atoms with Crippen molar-refractivity contribution in [3.05, 3.63) is 48.3 Å². The number of hydrogen-bond acceptors (Lipinski definition) is 3. The van der Waals surface area contributed by atoms with Crippen molar-refractivity contribution in [3.63, 3.8) is 0 Å². The van der Waals surface area contributed by atoms with Crippen LogP contribution in [-0.2, 0) is 11.3 Å². The first kappa shape index (κ1) is 12.3. The second-order valence-electron chi connectivity index (χ2n) is 4.50. The van der Waals surface area contributed by atoms with E-state index in [0.717, 1.165) is 12.2 Å². The molecule has 1 atom stereocenters. The summed E-state index contributed by atoms with van der Waals surface area (Å²) in [6.45, 7) is 0.277. The van der Waals surface area contributed by atoms with Crippen LogP contribution in [0, 0.1) is 0 Å². The Morgan fingerprint density at radius 2 is 2.32 bits per heavy atom. The molecule has 0 saturated carbocycles. The molecule has 1 aromatic heterocycles. The van der Waals surface area contributed by atoms with E-state index in [9.17, 15) is 4.79 Å². The maximum Gasteiger partial charge on any atom is 0.242 e. The molecule has 0 bridgehead atoms. The Morgan fingerprint density at radius 1 is 1.42 bits per heavy atom. The van der Waals surface area contributed by atoms with Crippen LogP contribution in [0.5, 0.6) is 0 Å². The van der Waals surface area contributed by atoms with E-state index in [0.29, 0.717) is 0 Å². The molecule has 1 unspecified atom stereocenters. The lowest BCUT2D eigenvalue weighted by molar-refractivity contribution is -0.122. The van der Waals surface area contributed by atoms with Gasteiger partial charge < -0.3 is 5.32 Å². The van der Waals surface area contributed by atoms with E-state index in [1.807, 2.05) is 30.0 Å². The van der Waals surface area contributed by atoms with Crippen molar-refractivity contribution in [2.45, 2.75) is 23.9 Å². The summed E-state index contributed by atoms with van der Waals surface area (Å²) in [7, 11) is 0. The molecule has 0 fully saturated rings. The summed E-state index contributed by atoms with van der Waals surface area (Å²) in [5, 5.41) is 7.15. The van der Waals surface area contributed by atoms with Crippen LogP contribution in [0.1, 0.15) is 18.0 Å². The summed E-state index contributed by atoms with van der Waals surface area (Å²) < 4.78 is 1.64. The van der Waals surface area contributed by atoms with Gasteiger partial charge in [-0.2, -0.15) is 5.10 Å². The number of nitrogens with zero attached hydrogens (tertiary/aromatic N) is 2. The second-order valence-corrected chi connectivity index (χ2v) is 5.64. The molecule has 19 heavy (non-hydrogen) atoms. The van der Waals surface area contributed by atoms with Gasteiger partial charge in [0.05, 0.1) is 6.04 Å². The molecule has 1 aliphatic heterocycles. The van der Waals surface area contributed by atoms with Crippen LogP contribution in [0.25, 0.3) is 0 Å². The van der Waals surface area contributed by atoms with Crippen molar-refractivity contribution >= 4 is 17.7 Å². The average molecular weight is 273 g/mol. The van der Waals surface area contributed by atoms with E-state index in [-0.39, 0.29) is 18.5 Å². The van der Waals surface area contributed by atoms with Crippen LogP contribution in [0.2, 0.25) is 0 Å². The Kier molecular flexibility index (Phi) is 3.55. The number of thioether (sulfide) groups is 1. The van der Waals surface area contributed by atoms with Gasteiger partial charge in [0.2, 0.25) is 5.91 Å². The second kappa shape index (κ2) is 5.48. The maximum absolute atomic E-state index is 12.0. The zero-order valence-corrected chi connectivity index (χ0v) is 11.3. The van der Waals surface area contributed by atoms with Crippen LogP contribution in [0.15, 0.2) is 47.6 Å². The highest BCUT2D eigenvalue weighted by molar-refractivity contribution is 7.99. The molecule has 0 radical (unpaired) electrons. The van der Waals surface area contributed by atoms with Gasteiger partial charge in [-0.25, -0.2) is 0 Å². The Labute approximate surface area is 116 Å². The Bertz CT molecular complexity index is 568. The minimum Gasteiger partial charge on any atom is -0.348 e. The highest BCUT2D eigenvalue weighted by Crippen LogP contribution is 2.35. The largest absolute Gasteiger partial charge is 0.348 e. The van der Waals surface area contributed by atoms with E-state index in [1.54, 1.807) is 17.1 Å². The van der Waals surface area contributed by atoms with E-state index in [2.05, 4.69) is 22.5 Å². The summed E-state index contributed by atoms with van der Waals surface area (Å²) in [5.74, 6) is 1.05. The van der Waals surface area contributed by atoms with Gasteiger partial charge in [-0.15, -0.1) is 11.8 Å². The fourth-order valence-electron chi connectivity index (χ4n) is 2.27. The zero-order chi connectivity index (χ0) is 13.1. The van der Waals surface area contributed by atoms with Crippen LogP contribution in [-0.4, -0.2) is 21.4 Å². The van der Waals surface area contributed by atoms with Crippen molar-refractivity contribution in [2.75, 3.05) is 5.75 Å². The van der Waals surface area contributed by atoms with Crippen molar-refractivity contribution in [2.24, 2.45) is 0 Å². The highest BCUT2D eigenvalue weighted by Gasteiger charge is 2.21. The molecule has 1 aromatic carbocycles. The standard InChI is InChI=1S/C14H15N3OS/c18-14(10-17-8-3-7-15-17)16-12-6-9-19-13-5-2-1-4-11(12)13/h1-5,7-8,12H,6,9-10H2,(H,16,18). The van der Waals surface area contributed by atoms with Crippen LogP contribution in [0.4, 0.5) is 0 Å². The molecule has 98 valence electrons. The van der Waals surface area contributed by atoms with Gasteiger partial charge >= 0.3 is 0 Å². The number of hydrogen-bond donors (Lipinski definition) is 1. The number of carbonyl (C=O) groups excluding carboxylic acids is 1. The molecular formula is C14H15N3OS. The van der Waals surface area contributed by atoms with Gasteiger partial charge in [0, 0.05) is 23.0 Å². The lowest BCUT2D eigenvalue weighted by Crippen LogP contribution is -2.33. The van der Waals surface area contributed by atoms with Gasteiger partial charge in [0.15, 0.2) is 0 Å². The SMILES string of the molecule is O=C(Cn1cccn1)NC1CCSc2ccccc21. The van der Waals surface area contributed by atoms with E-state index in [1.165, 1.54) is 10.5 Å². The molecule has 3 rings (SSSR count). The third kappa shape index (κ3) is 2.81. The van der Waals surface area contributed by atoms with Gasteiger partial charge in [-0.05, 0) is 24.1 Å². The average Bonchev–Trinajstić information content (AvgIpc) is 2.92.